The van der Waals surface area contributed by atoms with Crippen molar-refractivity contribution in [2.45, 2.75) is 25.8 Å². The van der Waals surface area contributed by atoms with E-state index >= 15 is 0 Å². The molecule has 0 aliphatic rings. The molecule has 1 aromatic rings. The lowest BCUT2D eigenvalue weighted by Crippen LogP contribution is -2.28. The average Bonchev–Trinajstić information content (AvgIpc) is 2.69. The van der Waals surface area contributed by atoms with E-state index in [9.17, 15) is 9.59 Å². The molecule has 0 saturated carbocycles. The van der Waals surface area contributed by atoms with E-state index in [2.05, 4.69) is 20.8 Å². The molecule has 2 N–H and O–H groups in total. The van der Waals surface area contributed by atoms with Crippen LogP contribution in [0.25, 0.3) is 0 Å². The van der Waals surface area contributed by atoms with Crippen molar-refractivity contribution in [1.82, 2.24) is 25.5 Å². The van der Waals surface area contributed by atoms with Crippen LogP contribution in [-0.2, 0) is 16.1 Å². The van der Waals surface area contributed by atoms with Crippen LogP contribution < -0.4 is 5.32 Å². The quantitative estimate of drug-likeness (QED) is 0.581. The highest BCUT2D eigenvalue weighted by Crippen LogP contribution is 1.93. The molecule has 88 valence electrons. The molecule has 0 bridgehead atoms. The van der Waals surface area contributed by atoms with Gasteiger partial charge in [0.2, 0.25) is 5.91 Å². The van der Waals surface area contributed by atoms with Crippen LogP contribution in [0.4, 0.5) is 0 Å². The Bertz CT molecular complexity index is 337. The Morgan fingerprint density at radius 2 is 2.19 bits per heavy atom. The minimum atomic E-state index is -0.819. The zero-order chi connectivity index (χ0) is 11.8. The highest BCUT2D eigenvalue weighted by atomic mass is 16.4. The van der Waals surface area contributed by atoms with Gasteiger partial charge in [0.1, 0.15) is 12.9 Å². The number of hydrogen-bond acceptors (Lipinski definition) is 5. The molecule has 1 rings (SSSR count). The van der Waals surface area contributed by atoms with Gasteiger partial charge in [0, 0.05) is 13.0 Å². The third-order valence-corrected chi connectivity index (χ3v) is 1.84. The van der Waals surface area contributed by atoms with E-state index < -0.39 is 5.97 Å². The van der Waals surface area contributed by atoms with Gasteiger partial charge in [-0.1, -0.05) is 0 Å². The molecular formula is C8H13N5O3. The molecule has 0 radical (unpaired) electrons. The molecule has 1 amide bonds. The van der Waals surface area contributed by atoms with Crippen molar-refractivity contribution in [2.24, 2.45) is 0 Å². The van der Waals surface area contributed by atoms with Crippen LogP contribution in [0.5, 0.6) is 0 Å². The standard InChI is InChI=1S/C8H13N5O3/c14-7(5-13-6-10-11-12-13)9-4-2-1-3-8(15)16/h6H,1-5H2,(H,9,14)(H,15,16). The molecule has 16 heavy (non-hydrogen) atoms. The number of carbonyl (C=O) groups excluding carboxylic acids is 1. The topological polar surface area (TPSA) is 110 Å². The van der Waals surface area contributed by atoms with Crippen LogP contribution in [0.2, 0.25) is 0 Å². The lowest BCUT2D eigenvalue weighted by atomic mass is 10.2. The fourth-order valence-electron chi connectivity index (χ4n) is 1.08. The Balaban J connectivity index is 2.05. The van der Waals surface area contributed by atoms with Crippen LogP contribution in [0.1, 0.15) is 19.3 Å². The van der Waals surface area contributed by atoms with Gasteiger partial charge in [-0.25, -0.2) is 4.68 Å². The normalized spacial score (nSPS) is 10.0. The highest BCUT2D eigenvalue weighted by molar-refractivity contribution is 5.75. The molecule has 0 atom stereocenters. The van der Waals surface area contributed by atoms with Gasteiger partial charge in [-0.05, 0) is 23.3 Å². The summed E-state index contributed by atoms with van der Waals surface area (Å²) >= 11 is 0. The van der Waals surface area contributed by atoms with Crippen LogP contribution in [0, 0.1) is 0 Å². The number of nitrogens with zero attached hydrogens (tertiary/aromatic N) is 4. The molecule has 1 heterocycles. The summed E-state index contributed by atoms with van der Waals surface area (Å²) in [6, 6.07) is 0. The van der Waals surface area contributed by atoms with E-state index in [0.717, 1.165) is 0 Å². The maximum atomic E-state index is 11.3. The first kappa shape index (κ1) is 12.1. The Labute approximate surface area is 91.6 Å². The van der Waals surface area contributed by atoms with E-state index in [0.29, 0.717) is 19.4 Å². The van der Waals surface area contributed by atoms with Gasteiger partial charge in [-0.2, -0.15) is 0 Å². The number of tetrazole rings is 1. The Kier molecular flexibility index (Phi) is 4.90. The third kappa shape index (κ3) is 5.03. The molecule has 0 aliphatic heterocycles. The number of unbranched alkanes of at least 4 members (excludes halogenated alkanes) is 1. The minimum Gasteiger partial charge on any atom is -0.481 e. The highest BCUT2D eigenvalue weighted by Gasteiger charge is 2.03. The molecule has 0 aliphatic carbocycles. The minimum absolute atomic E-state index is 0.0753. The molecule has 0 aromatic carbocycles. The Morgan fingerprint density at radius 1 is 1.38 bits per heavy atom. The summed E-state index contributed by atoms with van der Waals surface area (Å²) in [5, 5.41) is 21.4. The smallest absolute Gasteiger partial charge is 0.303 e. The molecule has 0 saturated heterocycles. The second-order valence-corrected chi connectivity index (χ2v) is 3.21. The van der Waals surface area contributed by atoms with E-state index in [-0.39, 0.29) is 18.9 Å². The van der Waals surface area contributed by atoms with Crippen molar-refractivity contribution in [2.75, 3.05) is 6.54 Å². The Hall–Kier alpha value is -1.99. The molecule has 0 spiro atoms. The summed E-state index contributed by atoms with van der Waals surface area (Å²) in [5.41, 5.74) is 0. The fourth-order valence-corrected chi connectivity index (χ4v) is 1.08. The monoisotopic (exact) mass is 227 g/mol. The maximum Gasteiger partial charge on any atom is 0.303 e. The van der Waals surface area contributed by atoms with Crippen molar-refractivity contribution in [3.63, 3.8) is 0 Å². The molecule has 0 unspecified atom stereocenters. The van der Waals surface area contributed by atoms with Gasteiger partial charge in [0.25, 0.3) is 0 Å². The summed E-state index contributed by atoms with van der Waals surface area (Å²) in [4.78, 5) is 21.5. The number of carboxylic acid groups (broad SMARTS) is 1. The van der Waals surface area contributed by atoms with Crippen LogP contribution in [-0.4, -0.2) is 43.7 Å². The van der Waals surface area contributed by atoms with E-state index in [1.807, 2.05) is 0 Å². The zero-order valence-corrected chi connectivity index (χ0v) is 8.67. The number of aromatic nitrogens is 4. The van der Waals surface area contributed by atoms with Gasteiger partial charge in [-0.3, -0.25) is 9.59 Å². The second kappa shape index (κ2) is 6.49. The maximum absolute atomic E-state index is 11.3. The third-order valence-electron chi connectivity index (χ3n) is 1.84. The van der Waals surface area contributed by atoms with Gasteiger partial charge in [-0.15, -0.1) is 5.10 Å². The molecule has 8 heteroatoms. The molecule has 8 nitrogen and oxygen atoms in total. The lowest BCUT2D eigenvalue weighted by molar-refractivity contribution is -0.137. The second-order valence-electron chi connectivity index (χ2n) is 3.21. The number of carbonyl (C=O) groups is 2. The van der Waals surface area contributed by atoms with E-state index in [4.69, 9.17) is 5.11 Å². The summed E-state index contributed by atoms with van der Waals surface area (Å²) in [6.45, 7) is 0.542. The van der Waals surface area contributed by atoms with Crippen molar-refractivity contribution in [1.29, 1.82) is 0 Å². The summed E-state index contributed by atoms with van der Waals surface area (Å²) < 4.78 is 1.31. The number of aliphatic carboxylic acids is 1. The lowest BCUT2D eigenvalue weighted by Gasteiger charge is -2.03. The summed E-state index contributed by atoms with van der Waals surface area (Å²) in [6.07, 6.45) is 2.68. The first-order valence-corrected chi connectivity index (χ1v) is 4.88. The predicted molar refractivity (Wildman–Crippen MR) is 52.3 cm³/mol. The van der Waals surface area contributed by atoms with Gasteiger partial charge in [0.05, 0.1) is 0 Å². The number of nitrogens with one attached hydrogen (secondary N) is 1. The van der Waals surface area contributed by atoms with Crippen molar-refractivity contribution < 1.29 is 14.7 Å². The van der Waals surface area contributed by atoms with Gasteiger partial charge >= 0.3 is 5.97 Å². The summed E-state index contributed by atoms with van der Waals surface area (Å²) in [7, 11) is 0. The van der Waals surface area contributed by atoms with Gasteiger partial charge < -0.3 is 10.4 Å². The summed E-state index contributed by atoms with van der Waals surface area (Å²) in [5.74, 6) is -1.01. The largest absolute Gasteiger partial charge is 0.481 e. The molecule has 0 fully saturated rings. The van der Waals surface area contributed by atoms with Crippen LogP contribution >= 0.6 is 0 Å². The zero-order valence-electron chi connectivity index (χ0n) is 8.67. The Morgan fingerprint density at radius 3 is 2.81 bits per heavy atom. The molecule has 1 aromatic heterocycles. The SMILES string of the molecule is O=C(O)CCCCNC(=O)Cn1cnnn1. The average molecular weight is 227 g/mol. The number of hydrogen-bond donors (Lipinski definition) is 2. The number of amides is 1. The molecular weight excluding hydrogens is 214 g/mol. The van der Waals surface area contributed by atoms with E-state index in [1.165, 1.54) is 11.0 Å². The first-order chi connectivity index (χ1) is 7.68. The van der Waals surface area contributed by atoms with Gasteiger partial charge in [0.15, 0.2) is 0 Å². The van der Waals surface area contributed by atoms with Crippen LogP contribution in [0.15, 0.2) is 6.33 Å². The fraction of sp³-hybridized carbons (Fsp3) is 0.625. The first-order valence-electron chi connectivity index (χ1n) is 4.88. The van der Waals surface area contributed by atoms with Crippen molar-refractivity contribution >= 4 is 11.9 Å². The van der Waals surface area contributed by atoms with Crippen molar-refractivity contribution in [3.8, 4) is 0 Å². The van der Waals surface area contributed by atoms with Crippen LogP contribution in [0.3, 0.4) is 0 Å². The number of carboxylic acids is 1. The van der Waals surface area contributed by atoms with Crippen molar-refractivity contribution in [3.05, 3.63) is 6.33 Å². The number of rotatable bonds is 7. The predicted octanol–water partition coefficient (Wildman–Crippen LogP) is -0.956. The van der Waals surface area contributed by atoms with E-state index in [1.54, 1.807) is 0 Å².